The average molecular weight is 495 g/mol. The van der Waals surface area contributed by atoms with Crippen LogP contribution in [0.2, 0.25) is 0 Å². The molecule has 0 atom stereocenters. The number of hydrogen-bond donors (Lipinski definition) is 0. The molecule has 0 aliphatic heterocycles. The number of benzene rings is 5. The van der Waals surface area contributed by atoms with Gasteiger partial charge in [-0.1, -0.05) is 72.8 Å². The van der Waals surface area contributed by atoms with E-state index in [2.05, 4.69) is 133 Å². The van der Waals surface area contributed by atoms with E-state index >= 15 is 0 Å². The zero-order chi connectivity index (χ0) is 23.9. The topological polar surface area (TPSA) is 0 Å². The number of rotatable bonds is 4. The Morgan fingerprint density at radius 3 is 1.19 bits per heavy atom. The van der Waals surface area contributed by atoms with Crippen LogP contribution in [0.5, 0.6) is 0 Å². The molecule has 7 rings (SSSR count). The quantitative estimate of drug-likeness (QED) is 0.213. The summed E-state index contributed by atoms with van der Waals surface area (Å²) in [5, 5.41) is 7.82. The predicted octanol–water partition coefficient (Wildman–Crippen LogP) is 10.8. The van der Waals surface area contributed by atoms with Gasteiger partial charge in [0.25, 0.3) is 0 Å². The second-order valence-electron chi connectivity index (χ2n) is 9.11. The van der Waals surface area contributed by atoms with Crippen LogP contribution in [0, 0.1) is 0 Å². The minimum Gasteiger partial charge on any atom is -0.136 e. The van der Waals surface area contributed by atoms with E-state index in [0.29, 0.717) is 0 Å². The Morgan fingerprint density at radius 2 is 0.750 bits per heavy atom. The lowest BCUT2D eigenvalue weighted by atomic mass is 10.0. The maximum Gasteiger partial charge on any atom is 0.0355 e. The van der Waals surface area contributed by atoms with E-state index in [1.807, 2.05) is 22.7 Å². The van der Waals surface area contributed by atoms with Crippen molar-refractivity contribution >= 4 is 88.7 Å². The molecule has 170 valence electrons. The molecule has 0 saturated heterocycles. The zero-order valence-electron chi connectivity index (χ0n) is 19.5. The third-order valence-electron chi connectivity index (χ3n) is 6.58. The fourth-order valence-corrected chi connectivity index (χ4v) is 6.76. The van der Waals surface area contributed by atoms with Crippen molar-refractivity contribution in [2.45, 2.75) is 0 Å². The second-order valence-corrected chi connectivity index (χ2v) is 11.3. The van der Waals surface area contributed by atoms with Gasteiger partial charge in [0.15, 0.2) is 0 Å². The van der Waals surface area contributed by atoms with Crippen molar-refractivity contribution in [1.29, 1.82) is 0 Å². The first-order chi connectivity index (χ1) is 17.8. The Bertz CT molecular complexity index is 1690. The van der Waals surface area contributed by atoms with E-state index in [1.165, 1.54) is 62.6 Å². The van der Waals surface area contributed by atoms with E-state index < -0.39 is 0 Å². The van der Waals surface area contributed by atoms with Crippen LogP contribution in [-0.4, -0.2) is 0 Å². The van der Waals surface area contributed by atoms with E-state index in [0.717, 1.165) is 0 Å². The Balaban J connectivity index is 1.26. The van der Waals surface area contributed by atoms with Crippen molar-refractivity contribution in [1.82, 2.24) is 0 Å². The molecule has 0 aliphatic carbocycles. The van der Waals surface area contributed by atoms with Crippen molar-refractivity contribution in [3.63, 3.8) is 0 Å². The van der Waals surface area contributed by atoms with Crippen molar-refractivity contribution in [2.75, 3.05) is 0 Å². The number of hydrogen-bond acceptors (Lipinski definition) is 2. The molecule has 0 bridgehead atoms. The summed E-state index contributed by atoms with van der Waals surface area (Å²) in [5.41, 5.74) is 2.45. The second kappa shape index (κ2) is 8.91. The molecule has 5 aromatic carbocycles. The fraction of sp³-hybridized carbons (Fsp3) is 0. The maximum atomic E-state index is 2.35. The summed E-state index contributed by atoms with van der Waals surface area (Å²) >= 11 is 3.71. The van der Waals surface area contributed by atoms with Crippen LogP contribution in [0.15, 0.2) is 109 Å². The van der Waals surface area contributed by atoms with Gasteiger partial charge in [-0.15, -0.1) is 22.7 Å². The molecule has 0 nitrogen and oxygen atoms in total. The predicted molar refractivity (Wildman–Crippen MR) is 163 cm³/mol. The van der Waals surface area contributed by atoms with Gasteiger partial charge in [-0.3, -0.25) is 0 Å². The first kappa shape index (κ1) is 21.3. The van der Waals surface area contributed by atoms with Gasteiger partial charge in [-0.05, 0) is 104 Å². The highest BCUT2D eigenvalue weighted by molar-refractivity contribution is 7.20. The van der Waals surface area contributed by atoms with Gasteiger partial charge in [0.2, 0.25) is 0 Å². The summed E-state index contributed by atoms with van der Waals surface area (Å²) < 4.78 is 2.67. The van der Waals surface area contributed by atoms with Gasteiger partial charge in [-0.2, -0.15) is 0 Å². The standard InChI is InChI=1S/C34H22S2/c1-3-7-23(8-4-1)11-13-31-19-29-17-25-15-26-18-30-20-32(14-12-24-9-5-2-6-10-24)36-34(30)22-28(26)16-27(25)21-33(29)35-31/h1-22H. The van der Waals surface area contributed by atoms with E-state index in [1.54, 1.807) is 0 Å². The third-order valence-corrected chi connectivity index (χ3v) is 8.71. The maximum absolute atomic E-state index is 2.35. The van der Waals surface area contributed by atoms with Crippen LogP contribution < -0.4 is 0 Å². The molecule has 0 spiro atoms. The highest BCUT2D eigenvalue weighted by Gasteiger charge is 2.07. The smallest absolute Gasteiger partial charge is 0.0355 e. The Labute approximate surface area is 218 Å². The summed E-state index contributed by atoms with van der Waals surface area (Å²) in [6, 6.07) is 39.6. The Kier molecular flexibility index (Phi) is 5.27. The monoisotopic (exact) mass is 494 g/mol. The average Bonchev–Trinajstić information content (AvgIpc) is 3.50. The van der Waals surface area contributed by atoms with Crippen molar-refractivity contribution in [3.8, 4) is 0 Å². The lowest BCUT2D eigenvalue weighted by molar-refractivity contribution is 1.67. The Morgan fingerprint density at radius 1 is 0.361 bits per heavy atom. The minimum atomic E-state index is 1.23. The van der Waals surface area contributed by atoms with E-state index in [-0.39, 0.29) is 0 Å². The largest absolute Gasteiger partial charge is 0.136 e. The van der Waals surface area contributed by atoms with E-state index in [9.17, 15) is 0 Å². The molecule has 2 heterocycles. The van der Waals surface area contributed by atoms with Gasteiger partial charge < -0.3 is 0 Å². The van der Waals surface area contributed by atoms with Crippen LogP contribution in [0.3, 0.4) is 0 Å². The Hall–Kier alpha value is -3.98. The molecule has 2 heteroatoms. The molecule has 36 heavy (non-hydrogen) atoms. The summed E-state index contributed by atoms with van der Waals surface area (Å²) in [6.45, 7) is 0. The lowest BCUT2D eigenvalue weighted by Crippen LogP contribution is -1.77. The number of thiophene rings is 2. The fourth-order valence-electron chi connectivity index (χ4n) is 4.77. The molecule has 0 amide bonds. The molecule has 0 saturated carbocycles. The molecule has 0 aliphatic rings. The molecule has 0 radical (unpaired) electrons. The van der Waals surface area contributed by atoms with Crippen LogP contribution in [0.1, 0.15) is 20.9 Å². The number of fused-ring (bicyclic) bond motifs is 4. The van der Waals surface area contributed by atoms with Gasteiger partial charge in [-0.25, -0.2) is 0 Å². The van der Waals surface area contributed by atoms with Gasteiger partial charge >= 0.3 is 0 Å². The van der Waals surface area contributed by atoms with Gasteiger partial charge in [0, 0.05) is 19.2 Å². The van der Waals surface area contributed by atoms with Gasteiger partial charge in [0.05, 0.1) is 0 Å². The van der Waals surface area contributed by atoms with Crippen molar-refractivity contribution < 1.29 is 0 Å². The first-order valence-electron chi connectivity index (χ1n) is 12.1. The highest BCUT2D eigenvalue weighted by Crippen LogP contribution is 2.36. The summed E-state index contributed by atoms with van der Waals surface area (Å²) in [4.78, 5) is 2.57. The molecule has 0 unspecified atom stereocenters. The van der Waals surface area contributed by atoms with Crippen LogP contribution in [-0.2, 0) is 0 Å². The van der Waals surface area contributed by atoms with Crippen LogP contribution in [0.4, 0.5) is 0 Å². The SMILES string of the molecule is C(=Cc1cc2cc3cc4cc5cc(C=Cc6ccccc6)sc5cc4cc3cc2s1)c1ccccc1. The van der Waals surface area contributed by atoms with Crippen molar-refractivity contribution in [3.05, 3.63) is 130 Å². The van der Waals surface area contributed by atoms with Crippen LogP contribution in [0.25, 0.3) is 66.0 Å². The zero-order valence-corrected chi connectivity index (χ0v) is 21.2. The molecule has 2 aromatic heterocycles. The molecular weight excluding hydrogens is 473 g/mol. The normalized spacial score (nSPS) is 12.2. The van der Waals surface area contributed by atoms with E-state index in [4.69, 9.17) is 0 Å². The summed E-state index contributed by atoms with van der Waals surface area (Å²) in [6.07, 6.45) is 8.82. The minimum absolute atomic E-state index is 1.23. The lowest BCUT2D eigenvalue weighted by Gasteiger charge is -2.04. The highest BCUT2D eigenvalue weighted by atomic mass is 32.1. The molecular formula is C34H22S2. The summed E-state index contributed by atoms with van der Waals surface area (Å²) in [7, 11) is 0. The van der Waals surface area contributed by atoms with Gasteiger partial charge in [0.1, 0.15) is 0 Å². The summed E-state index contributed by atoms with van der Waals surface area (Å²) in [5.74, 6) is 0. The van der Waals surface area contributed by atoms with Crippen molar-refractivity contribution in [2.24, 2.45) is 0 Å². The molecule has 0 N–H and O–H groups in total. The van der Waals surface area contributed by atoms with Crippen LogP contribution >= 0.6 is 22.7 Å². The first-order valence-corrected chi connectivity index (χ1v) is 13.7. The molecule has 0 fully saturated rings. The third kappa shape index (κ3) is 4.15. The molecule has 7 aromatic rings.